The smallest absolute Gasteiger partial charge is 0.319 e. The SMILES string of the molecule is [C-]#[N+]C[C@H]1CN(c2nc(OCC34CCCN3C[C@H](F)C4)nc3c(F)c(-c4cccc5ccsc45)ccc23)CCN1C(=O)C(=C)F. The highest BCUT2D eigenvalue weighted by molar-refractivity contribution is 7.17. The van der Waals surface area contributed by atoms with Crippen LogP contribution in [0.5, 0.6) is 6.01 Å². The van der Waals surface area contributed by atoms with Crippen molar-refractivity contribution in [3.63, 3.8) is 0 Å². The molecule has 0 aliphatic carbocycles. The van der Waals surface area contributed by atoms with Crippen molar-refractivity contribution in [3.05, 3.63) is 71.4 Å². The summed E-state index contributed by atoms with van der Waals surface area (Å²) in [6.07, 6.45) is 1.18. The summed E-state index contributed by atoms with van der Waals surface area (Å²) in [5.74, 6) is -2.06. The van der Waals surface area contributed by atoms with Gasteiger partial charge in [0.05, 0.1) is 5.54 Å². The van der Waals surface area contributed by atoms with E-state index in [1.807, 2.05) is 34.5 Å². The lowest BCUT2D eigenvalue weighted by Crippen LogP contribution is -2.56. The Morgan fingerprint density at radius 2 is 2.02 bits per heavy atom. The molecule has 232 valence electrons. The first-order chi connectivity index (χ1) is 21.8. The summed E-state index contributed by atoms with van der Waals surface area (Å²) in [5.41, 5.74) is 0.773. The number of aromatic nitrogens is 2. The van der Waals surface area contributed by atoms with E-state index in [4.69, 9.17) is 16.3 Å². The Morgan fingerprint density at radius 3 is 2.84 bits per heavy atom. The maximum atomic E-state index is 16.6. The van der Waals surface area contributed by atoms with Crippen LogP contribution in [0.4, 0.5) is 19.0 Å². The molecule has 1 unspecified atom stereocenters. The maximum absolute atomic E-state index is 16.6. The lowest BCUT2D eigenvalue weighted by molar-refractivity contribution is -0.131. The highest BCUT2D eigenvalue weighted by atomic mass is 32.1. The van der Waals surface area contributed by atoms with Crippen LogP contribution in [0.25, 0.3) is 37.0 Å². The Morgan fingerprint density at radius 1 is 1.16 bits per heavy atom. The molecule has 0 spiro atoms. The van der Waals surface area contributed by atoms with Crippen molar-refractivity contribution >= 4 is 44.1 Å². The van der Waals surface area contributed by atoms with Crippen LogP contribution in [0.15, 0.2) is 54.2 Å². The lowest BCUT2D eigenvalue weighted by Gasteiger charge is -2.39. The number of hydrogen-bond donors (Lipinski definition) is 0. The second kappa shape index (κ2) is 11.6. The molecular formula is C33H31F3N6O2S. The molecule has 1 amide bonds. The fraction of sp³-hybridized carbons (Fsp3) is 0.394. The Labute approximate surface area is 262 Å². The van der Waals surface area contributed by atoms with E-state index in [1.54, 1.807) is 12.1 Å². The van der Waals surface area contributed by atoms with Crippen LogP contribution in [0.3, 0.4) is 0 Å². The van der Waals surface area contributed by atoms with Crippen LogP contribution in [-0.2, 0) is 4.79 Å². The normalized spacial score (nSPS) is 23.4. The van der Waals surface area contributed by atoms with Gasteiger partial charge in [-0.2, -0.15) is 9.97 Å². The molecule has 3 saturated heterocycles. The Hall–Kier alpha value is -4.21. The zero-order valence-electron chi connectivity index (χ0n) is 24.5. The molecule has 0 saturated carbocycles. The van der Waals surface area contributed by atoms with Crippen LogP contribution in [0.2, 0.25) is 0 Å². The van der Waals surface area contributed by atoms with E-state index in [0.717, 1.165) is 35.0 Å². The monoisotopic (exact) mass is 632 g/mol. The van der Waals surface area contributed by atoms with E-state index in [0.29, 0.717) is 29.7 Å². The van der Waals surface area contributed by atoms with Crippen LogP contribution in [-0.4, -0.2) is 89.3 Å². The fourth-order valence-electron chi connectivity index (χ4n) is 7.22. The predicted molar refractivity (Wildman–Crippen MR) is 168 cm³/mol. The van der Waals surface area contributed by atoms with E-state index in [-0.39, 0.29) is 44.3 Å². The maximum Gasteiger partial charge on any atom is 0.319 e. The Balaban J connectivity index is 1.30. The number of halogens is 3. The second-order valence-corrected chi connectivity index (χ2v) is 12.9. The average molecular weight is 633 g/mol. The molecule has 12 heteroatoms. The summed E-state index contributed by atoms with van der Waals surface area (Å²) in [6.45, 7) is 12.4. The van der Waals surface area contributed by atoms with E-state index in [1.165, 1.54) is 16.2 Å². The van der Waals surface area contributed by atoms with E-state index < -0.39 is 35.3 Å². The number of thiophene rings is 1. The van der Waals surface area contributed by atoms with E-state index >= 15 is 4.39 Å². The minimum atomic E-state index is -1.08. The summed E-state index contributed by atoms with van der Waals surface area (Å²) < 4.78 is 52.1. The first kappa shape index (κ1) is 29.5. The molecule has 0 bridgehead atoms. The van der Waals surface area contributed by atoms with Gasteiger partial charge >= 0.3 is 6.01 Å². The van der Waals surface area contributed by atoms with Crippen LogP contribution in [0.1, 0.15) is 19.3 Å². The summed E-state index contributed by atoms with van der Waals surface area (Å²) in [7, 11) is 0. The molecule has 5 heterocycles. The van der Waals surface area contributed by atoms with Crippen LogP contribution >= 0.6 is 11.3 Å². The van der Waals surface area contributed by atoms with Gasteiger partial charge in [0, 0.05) is 53.8 Å². The Bertz CT molecular complexity index is 1860. The predicted octanol–water partition coefficient (Wildman–Crippen LogP) is 6.03. The molecule has 0 radical (unpaired) electrons. The summed E-state index contributed by atoms with van der Waals surface area (Å²) in [6, 6.07) is 10.6. The van der Waals surface area contributed by atoms with Gasteiger partial charge in [0.1, 0.15) is 30.2 Å². The van der Waals surface area contributed by atoms with Gasteiger partial charge in [-0.25, -0.2) is 19.7 Å². The molecular weight excluding hydrogens is 601 g/mol. The van der Waals surface area contributed by atoms with Crippen LogP contribution < -0.4 is 9.64 Å². The zero-order chi connectivity index (χ0) is 31.3. The van der Waals surface area contributed by atoms with Crippen molar-refractivity contribution < 1.29 is 22.7 Å². The number of piperazine rings is 1. The van der Waals surface area contributed by atoms with Crippen molar-refractivity contribution in [1.29, 1.82) is 0 Å². The number of alkyl halides is 1. The summed E-state index contributed by atoms with van der Waals surface area (Å²) in [5, 5.41) is 3.43. The third-order valence-electron chi connectivity index (χ3n) is 9.34. The van der Waals surface area contributed by atoms with Gasteiger partial charge in [0.25, 0.3) is 5.91 Å². The van der Waals surface area contributed by atoms with Crippen LogP contribution in [0, 0.1) is 12.4 Å². The van der Waals surface area contributed by atoms with Gasteiger partial charge in [-0.15, -0.1) is 11.3 Å². The number of hydrogen-bond acceptors (Lipinski definition) is 7. The van der Waals surface area contributed by atoms with Crippen molar-refractivity contribution in [2.45, 2.75) is 37.0 Å². The lowest BCUT2D eigenvalue weighted by atomic mass is 9.95. The quantitative estimate of drug-likeness (QED) is 0.183. The Kier molecular flexibility index (Phi) is 7.61. The first-order valence-electron chi connectivity index (χ1n) is 15.0. The first-order valence-corrected chi connectivity index (χ1v) is 15.9. The van der Waals surface area contributed by atoms with E-state index in [9.17, 15) is 13.6 Å². The molecule has 3 aliphatic rings. The molecule has 3 fully saturated rings. The topological polar surface area (TPSA) is 66.2 Å². The third kappa shape index (κ3) is 5.17. The molecule has 8 nitrogen and oxygen atoms in total. The minimum Gasteiger partial charge on any atom is -0.461 e. The molecule has 0 N–H and O–H groups in total. The fourth-order valence-corrected chi connectivity index (χ4v) is 8.15. The van der Waals surface area contributed by atoms with E-state index in [2.05, 4.69) is 21.3 Å². The van der Waals surface area contributed by atoms with Crippen molar-refractivity contribution in [2.24, 2.45) is 0 Å². The molecule has 3 atom stereocenters. The number of ether oxygens (including phenoxy) is 1. The number of benzene rings is 2. The molecule has 2 aromatic heterocycles. The molecule has 45 heavy (non-hydrogen) atoms. The van der Waals surface area contributed by atoms with Crippen molar-refractivity contribution in [3.8, 4) is 17.1 Å². The second-order valence-electron chi connectivity index (χ2n) is 12.0. The van der Waals surface area contributed by atoms with Gasteiger partial charge in [0.2, 0.25) is 6.54 Å². The number of nitrogens with zero attached hydrogens (tertiary/aromatic N) is 6. The molecule has 4 aromatic rings. The number of carbonyl (C=O) groups excluding carboxylic acids is 1. The molecule has 3 aliphatic heterocycles. The average Bonchev–Trinajstić information content (AvgIpc) is 3.74. The van der Waals surface area contributed by atoms with Gasteiger partial charge in [-0.05, 0) is 42.3 Å². The number of anilines is 1. The largest absolute Gasteiger partial charge is 0.461 e. The molecule has 7 rings (SSSR count). The number of rotatable bonds is 7. The molecule has 2 aromatic carbocycles. The third-order valence-corrected chi connectivity index (χ3v) is 10.3. The standard InChI is InChI=1S/C33H31F3N6O2S/c1-20(34)31(43)42-13-12-40(18-23(42)16-37-2)30-26-8-7-24(25-6-3-5-21-9-14-45-29(21)25)27(36)28(26)38-32(39-30)44-19-33-10-4-11-41(33)17-22(35)15-33/h3,5-9,14,22-23H,1,4,10-13,15-19H2/t22-,23+,33?/m1/s1. The number of carbonyl (C=O) groups is 1. The number of amides is 1. The number of fused-ring (bicyclic) bond motifs is 3. The van der Waals surface area contributed by atoms with Crippen molar-refractivity contribution in [1.82, 2.24) is 19.8 Å². The van der Waals surface area contributed by atoms with Gasteiger partial charge in [0.15, 0.2) is 11.6 Å². The summed E-state index contributed by atoms with van der Waals surface area (Å²) >= 11 is 1.53. The van der Waals surface area contributed by atoms with Crippen molar-refractivity contribution in [2.75, 3.05) is 50.8 Å². The highest BCUT2D eigenvalue weighted by Crippen LogP contribution is 2.41. The summed E-state index contributed by atoms with van der Waals surface area (Å²) in [4.78, 5) is 30.6. The highest BCUT2D eigenvalue weighted by Gasteiger charge is 2.49. The minimum absolute atomic E-state index is 0.0243. The zero-order valence-corrected chi connectivity index (χ0v) is 25.3. The van der Waals surface area contributed by atoms with Gasteiger partial charge < -0.3 is 19.4 Å². The van der Waals surface area contributed by atoms with Gasteiger partial charge in [-0.3, -0.25) is 9.69 Å². The van der Waals surface area contributed by atoms with Gasteiger partial charge in [-0.1, -0.05) is 30.8 Å².